The van der Waals surface area contributed by atoms with Crippen molar-refractivity contribution in [2.75, 3.05) is 13.6 Å². The standard InChI is InChI=1S/C16H28N2/c1-13(2)17-11-14(3)15(4)18(5)12-16-9-7-6-8-10-16/h6-10,13-15,17H,11-12H2,1-5H3. The van der Waals surface area contributed by atoms with E-state index < -0.39 is 0 Å². The Morgan fingerprint density at radius 1 is 1.06 bits per heavy atom. The molecule has 2 atom stereocenters. The summed E-state index contributed by atoms with van der Waals surface area (Å²) in [5, 5.41) is 3.52. The van der Waals surface area contributed by atoms with Gasteiger partial charge < -0.3 is 5.32 Å². The van der Waals surface area contributed by atoms with E-state index in [-0.39, 0.29) is 0 Å². The smallest absolute Gasteiger partial charge is 0.0233 e. The maximum Gasteiger partial charge on any atom is 0.0233 e. The molecule has 2 nitrogen and oxygen atoms in total. The molecule has 2 heteroatoms. The summed E-state index contributed by atoms with van der Waals surface area (Å²) >= 11 is 0. The summed E-state index contributed by atoms with van der Waals surface area (Å²) in [6.07, 6.45) is 0. The summed E-state index contributed by atoms with van der Waals surface area (Å²) in [7, 11) is 2.21. The second-order valence-electron chi connectivity index (χ2n) is 5.68. The van der Waals surface area contributed by atoms with E-state index in [1.165, 1.54) is 5.56 Å². The zero-order valence-electron chi connectivity index (χ0n) is 12.5. The largest absolute Gasteiger partial charge is 0.314 e. The number of hydrogen-bond acceptors (Lipinski definition) is 2. The van der Waals surface area contributed by atoms with E-state index in [9.17, 15) is 0 Å². The highest BCUT2D eigenvalue weighted by atomic mass is 15.1. The van der Waals surface area contributed by atoms with Gasteiger partial charge in [-0.1, -0.05) is 51.1 Å². The molecule has 0 saturated carbocycles. The highest BCUT2D eigenvalue weighted by Gasteiger charge is 2.17. The number of hydrogen-bond donors (Lipinski definition) is 1. The van der Waals surface area contributed by atoms with Gasteiger partial charge in [-0.15, -0.1) is 0 Å². The Bertz CT molecular complexity index is 321. The molecule has 0 amide bonds. The van der Waals surface area contributed by atoms with E-state index in [1.807, 2.05) is 0 Å². The van der Waals surface area contributed by atoms with Crippen LogP contribution in [0.3, 0.4) is 0 Å². The minimum atomic E-state index is 0.569. The summed E-state index contributed by atoms with van der Waals surface area (Å²) in [5.41, 5.74) is 1.39. The van der Waals surface area contributed by atoms with Crippen LogP contribution in [0.25, 0.3) is 0 Å². The van der Waals surface area contributed by atoms with Gasteiger partial charge in [0.1, 0.15) is 0 Å². The van der Waals surface area contributed by atoms with E-state index in [2.05, 4.69) is 75.3 Å². The fourth-order valence-electron chi connectivity index (χ4n) is 2.04. The third-order valence-electron chi connectivity index (χ3n) is 3.64. The maximum absolute atomic E-state index is 3.52. The first-order valence-electron chi connectivity index (χ1n) is 6.98. The van der Waals surface area contributed by atoms with Crippen molar-refractivity contribution < 1.29 is 0 Å². The van der Waals surface area contributed by atoms with Crippen LogP contribution in [0.2, 0.25) is 0 Å². The summed E-state index contributed by atoms with van der Waals surface area (Å²) in [6.45, 7) is 11.1. The third-order valence-corrected chi connectivity index (χ3v) is 3.64. The second-order valence-corrected chi connectivity index (χ2v) is 5.68. The molecule has 0 radical (unpaired) electrons. The van der Waals surface area contributed by atoms with Crippen LogP contribution in [0.5, 0.6) is 0 Å². The van der Waals surface area contributed by atoms with Crippen molar-refractivity contribution in [1.82, 2.24) is 10.2 Å². The lowest BCUT2D eigenvalue weighted by atomic mass is 10.0. The van der Waals surface area contributed by atoms with Gasteiger partial charge in [0.25, 0.3) is 0 Å². The molecule has 0 fully saturated rings. The zero-order chi connectivity index (χ0) is 13.5. The average Bonchev–Trinajstić information content (AvgIpc) is 2.36. The highest BCUT2D eigenvalue weighted by molar-refractivity contribution is 5.14. The molecule has 0 aromatic heterocycles. The van der Waals surface area contributed by atoms with E-state index in [0.29, 0.717) is 18.0 Å². The van der Waals surface area contributed by atoms with Crippen LogP contribution in [0.15, 0.2) is 30.3 Å². The van der Waals surface area contributed by atoms with Crippen LogP contribution in [0.4, 0.5) is 0 Å². The van der Waals surface area contributed by atoms with Gasteiger partial charge in [-0.05, 0) is 32.0 Å². The first kappa shape index (κ1) is 15.2. The molecular formula is C16H28N2. The summed E-state index contributed by atoms with van der Waals surface area (Å²) in [4.78, 5) is 2.43. The van der Waals surface area contributed by atoms with Gasteiger partial charge in [-0.25, -0.2) is 0 Å². The van der Waals surface area contributed by atoms with Crippen LogP contribution in [0.1, 0.15) is 33.3 Å². The molecule has 0 saturated heterocycles. The first-order chi connectivity index (χ1) is 8.50. The average molecular weight is 248 g/mol. The Hall–Kier alpha value is -0.860. The fourth-order valence-corrected chi connectivity index (χ4v) is 2.04. The number of nitrogens with zero attached hydrogens (tertiary/aromatic N) is 1. The Morgan fingerprint density at radius 2 is 1.67 bits per heavy atom. The van der Waals surface area contributed by atoms with Crippen LogP contribution in [-0.4, -0.2) is 30.6 Å². The van der Waals surface area contributed by atoms with Crippen molar-refractivity contribution in [1.29, 1.82) is 0 Å². The summed E-state index contributed by atoms with van der Waals surface area (Å²) in [6, 6.07) is 11.8. The Labute approximate surface area is 112 Å². The van der Waals surface area contributed by atoms with Crippen LogP contribution in [0, 0.1) is 5.92 Å². The third kappa shape index (κ3) is 5.19. The lowest BCUT2D eigenvalue weighted by Gasteiger charge is -2.30. The minimum Gasteiger partial charge on any atom is -0.314 e. The topological polar surface area (TPSA) is 15.3 Å². The number of rotatable bonds is 7. The van der Waals surface area contributed by atoms with Crippen LogP contribution in [-0.2, 0) is 6.54 Å². The van der Waals surface area contributed by atoms with Crippen LogP contribution >= 0.6 is 0 Å². The lowest BCUT2D eigenvalue weighted by molar-refractivity contribution is 0.187. The Kier molecular flexibility index (Phi) is 6.37. The molecule has 18 heavy (non-hydrogen) atoms. The van der Waals surface area contributed by atoms with E-state index in [4.69, 9.17) is 0 Å². The molecule has 2 unspecified atom stereocenters. The molecular weight excluding hydrogens is 220 g/mol. The minimum absolute atomic E-state index is 0.569. The van der Waals surface area contributed by atoms with Gasteiger partial charge in [0.15, 0.2) is 0 Å². The number of nitrogens with one attached hydrogen (secondary N) is 1. The monoisotopic (exact) mass is 248 g/mol. The summed E-state index contributed by atoms with van der Waals surface area (Å²) < 4.78 is 0. The van der Waals surface area contributed by atoms with Crippen molar-refractivity contribution in [2.45, 2.75) is 46.3 Å². The van der Waals surface area contributed by atoms with Gasteiger partial charge in [-0.3, -0.25) is 4.90 Å². The van der Waals surface area contributed by atoms with E-state index in [1.54, 1.807) is 0 Å². The molecule has 0 aliphatic carbocycles. The Balaban J connectivity index is 2.43. The molecule has 0 heterocycles. The van der Waals surface area contributed by atoms with Crippen molar-refractivity contribution in [3.05, 3.63) is 35.9 Å². The predicted molar refractivity (Wildman–Crippen MR) is 79.7 cm³/mol. The van der Waals surface area contributed by atoms with Crippen molar-refractivity contribution in [3.63, 3.8) is 0 Å². The SMILES string of the molecule is CC(C)NCC(C)C(C)N(C)Cc1ccccc1. The lowest BCUT2D eigenvalue weighted by Crippen LogP contribution is -2.40. The molecule has 1 rings (SSSR count). The van der Waals surface area contributed by atoms with Crippen molar-refractivity contribution in [2.24, 2.45) is 5.92 Å². The molecule has 0 bridgehead atoms. The highest BCUT2D eigenvalue weighted by Crippen LogP contribution is 2.12. The Morgan fingerprint density at radius 3 is 2.22 bits per heavy atom. The first-order valence-corrected chi connectivity index (χ1v) is 6.98. The maximum atomic E-state index is 3.52. The van der Waals surface area contributed by atoms with Gasteiger partial charge in [0.2, 0.25) is 0 Å². The molecule has 1 aromatic carbocycles. The van der Waals surface area contributed by atoms with Gasteiger partial charge in [0, 0.05) is 18.6 Å². The van der Waals surface area contributed by atoms with Gasteiger partial charge in [0.05, 0.1) is 0 Å². The van der Waals surface area contributed by atoms with E-state index in [0.717, 1.165) is 13.1 Å². The quantitative estimate of drug-likeness (QED) is 0.797. The van der Waals surface area contributed by atoms with Crippen molar-refractivity contribution >= 4 is 0 Å². The van der Waals surface area contributed by atoms with Crippen LogP contribution < -0.4 is 5.32 Å². The van der Waals surface area contributed by atoms with Gasteiger partial charge in [-0.2, -0.15) is 0 Å². The molecule has 0 spiro atoms. The molecule has 1 N–H and O–H groups in total. The summed E-state index contributed by atoms with van der Waals surface area (Å²) in [5.74, 6) is 0.654. The molecule has 0 aliphatic heterocycles. The normalized spacial score (nSPS) is 15.1. The molecule has 0 aliphatic rings. The fraction of sp³-hybridized carbons (Fsp3) is 0.625. The molecule has 1 aromatic rings. The zero-order valence-corrected chi connectivity index (χ0v) is 12.5. The second kappa shape index (κ2) is 7.55. The van der Waals surface area contributed by atoms with Gasteiger partial charge >= 0.3 is 0 Å². The number of benzene rings is 1. The van der Waals surface area contributed by atoms with E-state index >= 15 is 0 Å². The predicted octanol–water partition coefficient (Wildman–Crippen LogP) is 3.14. The molecule has 102 valence electrons. The van der Waals surface area contributed by atoms with Crippen molar-refractivity contribution in [3.8, 4) is 0 Å².